The van der Waals surface area contributed by atoms with Gasteiger partial charge in [-0.3, -0.25) is 0 Å². The molecular weight excluding hydrogens is 192 g/mol. The molecule has 0 atom stereocenters. The number of hydrogen-bond acceptors (Lipinski definition) is 3. The Bertz CT molecular complexity index is 299. The first-order chi connectivity index (χ1) is 6.19. The first-order valence-electron chi connectivity index (χ1n) is 3.85. The van der Waals surface area contributed by atoms with Crippen molar-refractivity contribution in [3.8, 4) is 11.5 Å². The monoisotopic (exact) mass is 202 g/mol. The summed E-state index contributed by atoms with van der Waals surface area (Å²) in [5.74, 6) is 0.586. The number of rotatable bonds is 3. The molecule has 1 aromatic rings. The van der Waals surface area contributed by atoms with E-state index < -0.39 is 0 Å². The van der Waals surface area contributed by atoms with E-state index in [1.54, 1.807) is 6.07 Å². The second kappa shape index (κ2) is 4.35. The Morgan fingerprint density at radius 3 is 2.69 bits per heavy atom. The second-order valence-electron chi connectivity index (χ2n) is 2.59. The van der Waals surface area contributed by atoms with Gasteiger partial charge < -0.3 is 14.9 Å². The van der Waals surface area contributed by atoms with E-state index in [2.05, 4.69) is 0 Å². The standard InChI is InChI=1S/C9H11ClO3/c1-13-9-4-6(2-3-11)8(12)5-7(9)10/h4-5,11-12H,2-3H2,1H3. The minimum Gasteiger partial charge on any atom is -0.508 e. The van der Waals surface area contributed by atoms with Crippen molar-refractivity contribution in [2.24, 2.45) is 0 Å². The zero-order chi connectivity index (χ0) is 9.84. The number of halogens is 1. The van der Waals surface area contributed by atoms with Gasteiger partial charge in [0.1, 0.15) is 11.5 Å². The summed E-state index contributed by atoms with van der Waals surface area (Å²) < 4.78 is 4.96. The predicted octanol–water partition coefficient (Wildman–Crippen LogP) is 1.59. The van der Waals surface area contributed by atoms with E-state index >= 15 is 0 Å². The average molecular weight is 203 g/mol. The van der Waals surface area contributed by atoms with Gasteiger partial charge in [0.05, 0.1) is 12.1 Å². The van der Waals surface area contributed by atoms with Gasteiger partial charge in [0.2, 0.25) is 0 Å². The third-order valence-corrected chi connectivity index (χ3v) is 2.03. The molecule has 0 aliphatic carbocycles. The van der Waals surface area contributed by atoms with E-state index in [0.717, 1.165) is 0 Å². The highest BCUT2D eigenvalue weighted by atomic mass is 35.5. The van der Waals surface area contributed by atoms with Gasteiger partial charge in [-0.05, 0) is 18.1 Å². The summed E-state index contributed by atoms with van der Waals surface area (Å²) in [6, 6.07) is 3.03. The SMILES string of the molecule is COc1cc(CCO)c(O)cc1Cl. The first kappa shape index (κ1) is 10.2. The van der Waals surface area contributed by atoms with Crippen molar-refractivity contribution in [3.63, 3.8) is 0 Å². The van der Waals surface area contributed by atoms with Gasteiger partial charge in [-0.1, -0.05) is 11.6 Å². The van der Waals surface area contributed by atoms with Crippen molar-refractivity contribution in [1.29, 1.82) is 0 Å². The fourth-order valence-electron chi connectivity index (χ4n) is 1.06. The minimum atomic E-state index is -0.0155. The van der Waals surface area contributed by atoms with E-state index in [1.807, 2.05) is 0 Å². The third-order valence-electron chi connectivity index (χ3n) is 1.73. The molecule has 13 heavy (non-hydrogen) atoms. The maximum absolute atomic E-state index is 9.39. The molecule has 2 N–H and O–H groups in total. The lowest BCUT2D eigenvalue weighted by Crippen LogP contribution is -1.93. The minimum absolute atomic E-state index is 0.0155. The number of hydrogen-bond donors (Lipinski definition) is 2. The molecule has 0 aromatic heterocycles. The zero-order valence-corrected chi connectivity index (χ0v) is 8.01. The van der Waals surface area contributed by atoms with Crippen LogP contribution in [0.1, 0.15) is 5.56 Å². The molecule has 1 aromatic carbocycles. The fraction of sp³-hybridized carbons (Fsp3) is 0.333. The number of aromatic hydroxyl groups is 1. The molecule has 0 bridgehead atoms. The lowest BCUT2D eigenvalue weighted by atomic mass is 10.1. The largest absolute Gasteiger partial charge is 0.508 e. The predicted molar refractivity (Wildman–Crippen MR) is 50.5 cm³/mol. The highest BCUT2D eigenvalue weighted by molar-refractivity contribution is 6.32. The summed E-state index contributed by atoms with van der Waals surface area (Å²) >= 11 is 5.75. The van der Waals surface area contributed by atoms with Crippen molar-refractivity contribution >= 4 is 11.6 Å². The first-order valence-corrected chi connectivity index (χ1v) is 4.23. The van der Waals surface area contributed by atoms with Crippen LogP contribution in [0, 0.1) is 0 Å². The molecule has 0 saturated carbocycles. The lowest BCUT2D eigenvalue weighted by Gasteiger charge is -2.07. The maximum atomic E-state index is 9.39. The highest BCUT2D eigenvalue weighted by Gasteiger charge is 2.07. The molecule has 0 saturated heterocycles. The maximum Gasteiger partial charge on any atom is 0.137 e. The molecule has 0 unspecified atom stereocenters. The topological polar surface area (TPSA) is 49.7 Å². The smallest absolute Gasteiger partial charge is 0.137 e. The van der Waals surface area contributed by atoms with Crippen LogP contribution in [0.5, 0.6) is 11.5 Å². The summed E-state index contributed by atoms with van der Waals surface area (Å²) in [5, 5.41) is 18.4. The number of ether oxygens (including phenoxy) is 1. The Hall–Kier alpha value is -0.930. The van der Waals surface area contributed by atoms with Crippen LogP contribution in [0.4, 0.5) is 0 Å². The Kier molecular flexibility index (Phi) is 3.39. The van der Waals surface area contributed by atoms with Crippen molar-refractivity contribution in [2.45, 2.75) is 6.42 Å². The Morgan fingerprint density at radius 1 is 1.46 bits per heavy atom. The van der Waals surface area contributed by atoms with Crippen LogP contribution < -0.4 is 4.74 Å². The highest BCUT2D eigenvalue weighted by Crippen LogP contribution is 2.31. The van der Waals surface area contributed by atoms with Gasteiger partial charge in [0, 0.05) is 12.7 Å². The fourth-order valence-corrected chi connectivity index (χ4v) is 1.30. The van der Waals surface area contributed by atoms with E-state index in [-0.39, 0.29) is 12.4 Å². The van der Waals surface area contributed by atoms with Crippen molar-refractivity contribution in [1.82, 2.24) is 0 Å². The van der Waals surface area contributed by atoms with Gasteiger partial charge in [0.25, 0.3) is 0 Å². The van der Waals surface area contributed by atoms with E-state index in [1.165, 1.54) is 13.2 Å². The molecule has 0 aliphatic rings. The van der Waals surface area contributed by atoms with E-state index in [9.17, 15) is 5.11 Å². The molecule has 0 spiro atoms. The van der Waals surface area contributed by atoms with Crippen LogP contribution in [0.3, 0.4) is 0 Å². The molecule has 0 aliphatic heterocycles. The molecule has 4 heteroatoms. The van der Waals surface area contributed by atoms with Crippen molar-refractivity contribution < 1.29 is 14.9 Å². The molecule has 0 heterocycles. The van der Waals surface area contributed by atoms with Crippen LogP contribution in [0.25, 0.3) is 0 Å². The molecule has 72 valence electrons. The van der Waals surface area contributed by atoms with Crippen LogP contribution in [0.2, 0.25) is 5.02 Å². The second-order valence-corrected chi connectivity index (χ2v) is 3.00. The molecular formula is C9H11ClO3. The molecule has 0 radical (unpaired) electrons. The molecule has 0 fully saturated rings. The average Bonchev–Trinajstić information content (AvgIpc) is 2.10. The number of phenolic OH excluding ortho intramolecular Hbond substituents is 1. The van der Waals surface area contributed by atoms with Crippen molar-refractivity contribution in [3.05, 3.63) is 22.7 Å². The van der Waals surface area contributed by atoms with Gasteiger partial charge >= 0.3 is 0 Å². The summed E-state index contributed by atoms with van der Waals surface area (Å²) in [5.41, 5.74) is 0.628. The van der Waals surface area contributed by atoms with Crippen LogP contribution in [-0.2, 0) is 6.42 Å². The van der Waals surface area contributed by atoms with Crippen LogP contribution in [-0.4, -0.2) is 23.9 Å². The molecule has 1 rings (SSSR count). The number of methoxy groups -OCH3 is 1. The third kappa shape index (κ3) is 2.26. The quantitative estimate of drug-likeness (QED) is 0.783. The number of aliphatic hydroxyl groups is 1. The molecule has 0 amide bonds. The van der Waals surface area contributed by atoms with E-state index in [0.29, 0.717) is 22.8 Å². The zero-order valence-electron chi connectivity index (χ0n) is 7.25. The van der Waals surface area contributed by atoms with Gasteiger partial charge in [-0.2, -0.15) is 0 Å². The van der Waals surface area contributed by atoms with Gasteiger partial charge in [-0.15, -0.1) is 0 Å². The molecule has 3 nitrogen and oxygen atoms in total. The van der Waals surface area contributed by atoms with Gasteiger partial charge in [-0.25, -0.2) is 0 Å². The summed E-state index contributed by atoms with van der Waals surface area (Å²) in [6.45, 7) is -0.0155. The number of aliphatic hydroxyl groups excluding tert-OH is 1. The normalized spacial score (nSPS) is 10.1. The number of benzene rings is 1. The summed E-state index contributed by atoms with van der Waals surface area (Å²) in [7, 11) is 1.50. The lowest BCUT2D eigenvalue weighted by molar-refractivity contribution is 0.297. The Labute approximate surface area is 81.5 Å². The summed E-state index contributed by atoms with van der Waals surface area (Å²) in [4.78, 5) is 0. The van der Waals surface area contributed by atoms with Gasteiger partial charge in [0.15, 0.2) is 0 Å². The number of phenols is 1. The van der Waals surface area contributed by atoms with Crippen LogP contribution >= 0.6 is 11.6 Å². The van der Waals surface area contributed by atoms with Crippen molar-refractivity contribution in [2.75, 3.05) is 13.7 Å². The van der Waals surface area contributed by atoms with Crippen LogP contribution in [0.15, 0.2) is 12.1 Å². The Balaban J connectivity index is 3.06. The Morgan fingerprint density at radius 2 is 2.15 bits per heavy atom. The van der Waals surface area contributed by atoms with E-state index in [4.69, 9.17) is 21.4 Å². The summed E-state index contributed by atoms with van der Waals surface area (Å²) in [6.07, 6.45) is 0.388.